The highest BCUT2D eigenvalue weighted by atomic mass is 32.1. The molecule has 214 valence electrons. The summed E-state index contributed by atoms with van der Waals surface area (Å²) in [5.41, 5.74) is 1.99. The minimum Gasteiger partial charge on any atom is -0.366 e. The van der Waals surface area contributed by atoms with Gasteiger partial charge in [-0.15, -0.1) is 11.3 Å². The van der Waals surface area contributed by atoms with Crippen LogP contribution in [0.1, 0.15) is 50.4 Å². The van der Waals surface area contributed by atoms with E-state index in [1.54, 1.807) is 43.6 Å². The van der Waals surface area contributed by atoms with E-state index in [1.165, 1.54) is 34.6 Å². The normalized spacial score (nSPS) is 13.3. The van der Waals surface area contributed by atoms with Crippen LogP contribution in [0, 0.1) is 13.8 Å². The monoisotopic (exact) mass is 591 g/mol. The average Bonchev–Trinajstić information content (AvgIpc) is 3.47. The summed E-state index contributed by atoms with van der Waals surface area (Å²) >= 11 is 1.38. The number of carbonyl (C=O) groups excluding carboxylic acids is 2. The lowest BCUT2D eigenvalue weighted by Gasteiger charge is -2.14. The lowest BCUT2D eigenvalue weighted by atomic mass is 10.1. The van der Waals surface area contributed by atoms with Gasteiger partial charge < -0.3 is 20.5 Å². The topological polar surface area (TPSA) is 114 Å². The van der Waals surface area contributed by atoms with E-state index in [-0.39, 0.29) is 17.2 Å². The highest BCUT2D eigenvalue weighted by Gasteiger charge is 2.32. The van der Waals surface area contributed by atoms with Gasteiger partial charge in [-0.25, -0.2) is 15.0 Å². The fourth-order valence-corrected chi connectivity index (χ4v) is 5.33. The van der Waals surface area contributed by atoms with Gasteiger partial charge in [-0.3, -0.25) is 9.59 Å². The first-order chi connectivity index (χ1) is 20.0. The van der Waals surface area contributed by atoms with E-state index in [2.05, 4.69) is 30.9 Å². The number of halogens is 3. The first kappa shape index (κ1) is 27.4. The highest BCUT2D eigenvalue weighted by Crippen LogP contribution is 2.34. The number of benzene rings is 2. The van der Waals surface area contributed by atoms with Gasteiger partial charge >= 0.3 is 6.18 Å². The van der Waals surface area contributed by atoms with Crippen molar-refractivity contribution in [3.05, 3.63) is 88.6 Å². The standard InChI is InChI=1S/C29H24F3N7O2S/c1-15-3-4-20(37-27(40)17-7-18(29(30,31)32)9-21(8-17)39-11-16(2)35-14-39)10-23(15)38-28(41)22-12-42-25-24(22)33-13-34-26(25)36-19-5-6-19/h3-4,7-14,19H,5-6H2,1-2H3,(H,37,40)(H,38,41)(H,33,34,36). The van der Waals surface area contributed by atoms with Crippen molar-refractivity contribution in [1.82, 2.24) is 19.5 Å². The van der Waals surface area contributed by atoms with E-state index in [9.17, 15) is 22.8 Å². The van der Waals surface area contributed by atoms with Crippen molar-refractivity contribution in [1.29, 1.82) is 0 Å². The number of amides is 2. The van der Waals surface area contributed by atoms with Crippen LogP contribution < -0.4 is 16.0 Å². The van der Waals surface area contributed by atoms with E-state index in [1.807, 2.05) is 0 Å². The molecule has 1 saturated carbocycles. The number of hydrogen-bond acceptors (Lipinski definition) is 7. The van der Waals surface area contributed by atoms with Crippen LogP contribution in [0.25, 0.3) is 15.9 Å². The molecule has 0 saturated heterocycles. The van der Waals surface area contributed by atoms with Gasteiger partial charge in [0.2, 0.25) is 0 Å². The molecule has 9 nitrogen and oxygen atoms in total. The van der Waals surface area contributed by atoms with Crippen molar-refractivity contribution < 1.29 is 22.8 Å². The van der Waals surface area contributed by atoms with Crippen LogP contribution in [0.3, 0.4) is 0 Å². The number of thiophene rings is 1. The van der Waals surface area contributed by atoms with E-state index >= 15 is 0 Å². The Hall–Kier alpha value is -4.78. The van der Waals surface area contributed by atoms with Crippen LogP contribution in [0.4, 0.5) is 30.4 Å². The van der Waals surface area contributed by atoms with Gasteiger partial charge in [0, 0.05) is 40.2 Å². The minimum absolute atomic E-state index is 0.148. The third kappa shape index (κ3) is 5.68. The number of anilines is 3. The van der Waals surface area contributed by atoms with Crippen molar-refractivity contribution in [3.63, 3.8) is 0 Å². The second-order valence-corrected chi connectivity index (χ2v) is 11.0. The second kappa shape index (κ2) is 10.6. The van der Waals surface area contributed by atoms with Crippen LogP contribution in [-0.2, 0) is 6.18 Å². The number of hydrogen-bond donors (Lipinski definition) is 3. The predicted octanol–water partition coefficient (Wildman–Crippen LogP) is 6.59. The lowest BCUT2D eigenvalue weighted by molar-refractivity contribution is -0.137. The van der Waals surface area contributed by atoms with Crippen LogP contribution in [0.2, 0.25) is 0 Å². The molecule has 13 heteroatoms. The number of rotatable bonds is 7. The van der Waals surface area contributed by atoms with Crippen molar-refractivity contribution in [3.8, 4) is 5.69 Å². The maximum Gasteiger partial charge on any atom is 0.416 e. The fourth-order valence-electron chi connectivity index (χ4n) is 4.38. The van der Waals surface area contributed by atoms with Gasteiger partial charge in [0.1, 0.15) is 12.1 Å². The molecule has 0 bridgehead atoms. The number of nitrogens with one attached hydrogen (secondary N) is 3. The van der Waals surface area contributed by atoms with E-state index in [0.717, 1.165) is 35.2 Å². The molecular weight excluding hydrogens is 567 g/mol. The second-order valence-electron chi connectivity index (χ2n) is 10.1. The van der Waals surface area contributed by atoms with Gasteiger partial charge in [0.25, 0.3) is 11.8 Å². The van der Waals surface area contributed by atoms with Crippen LogP contribution in [-0.4, -0.2) is 37.4 Å². The summed E-state index contributed by atoms with van der Waals surface area (Å²) in [7, 11) is 0. The minimum atomic E-state index is -4.66. The molecule has 5 aromatic rings. The Morgan fingerprint density at radius 1 is 1.00 bits per heavy atom. The summed E-state index contributed by atoms with van der Waals surface area (Å²) in [6.07, 6.45) is 1.87. The van der Waals surface area contributed by atoms with Gasteiger partial charge in [-0.1, -0.05) is 6.07 Å². The first-order valence-corrected chi connectivity index (χ1v) is 13.9. The van der Waals surface area contributed by atoms with E-state index < -0.39 is 17.6 Å². The summed E-state index contributed by atoms with van der Waals surface area (Å²) in [6.45, 7) is 3.50. The quantitative estimate of drug-likeness (QED) is 0.197. The Balaban J connectivity index is 1.24. The predicted molar refractivity (Wildman–Crippen MR) is 154 cm³/mol. The molecule has 0 radical (unpaired) electrons. The summed E-state index contributed by atoms with van der Waals surface area (Å²) < 4.78 is 43.2. The van der Waals surface area contributed by atoms with Crippen LogP contribution in [0.5, 0.6) is 0 Å². The first-order valence-electron chi connectivity index (χ1n) is 13.0. The summed E-state index contributed by atoms with van der Waals surface area (Å²) in [5.74, 6) is -0.424. The van der Waals surface area contributed by atoms with Gasteiger partial charge in [0.15, 0.2) is 0 Å². The Morgan fingerprint density at radius 3 is 2.52 bits per heavy atom. The van der Waals surface area contributed by atoms with Crippen molar-refractivity contribution in [2.45, 2.75) is 38.9 Å². The third-order valence-electron chi connectivity index (χ3n) is 6.78. The molecule has 1 aliphatic rings. The van der Waals surface area contributed by atoms with Gasteiger partial charge in [0.05, 0.1) is 33.4 Å². The SMILES string of the molecule is Cc1cn(-c2cc(C(=O)Nc3ccc(C)c(NC(=O)c4csc5c(NC6CC6)ncnc45)c3)cc(C(F)(F)F)c2)cn1. The Morgan fingerprint density at radius 2 is 1.81 bits per heavy atom. The zero-order valence-corrected chi connectivity index (χ0v) is 23.2. The molecule has 0 spiro atoms. The smallest absolute Gasteiger partial charge is 0.366 e. The van der Waals surface area contributed by atoms with Crippen molar-refractivity contribution in [2.75, 3.05) is 16.0 Å². The van der Waals surface area contributed by atoms with Gasteiger partial charge in [-0.05, 0) is 62.6 Å². The van der Waals surface area contributed by atoms with Gasteiger partial charge in [-0.2, -0.15) is 13.2 Å². The van der Waals surface area contributed by atoms with Crippen LogP contribution >= 0.6 is 11.3 Å². The largest absolute Gasteiger partial charge is 0.416 e. The summed E-state index contributed by atoms with van der Waals surface area (Å²) in [5, 5.41) is 10.6. The zero-order chi connectivity index (χ0) is 29.6. The van der Waals surface area contributed by atoms with E-state index in [4.69, 9.17) is 0 Å². The number of aryl methyl sites for hydroxylation is 2. The molecule has 3 heterocycles. The average molecular weight is 592 g/mol. The Labute approximate surface area is 241 Å². The molecule has 6 rings (SSSR count). The molecule has 0 aliphatic heterocycles. The summed E-state index contributed by atoms with van der Waals surface area (Å²) in [6, 6.07) is 8.38. The molecule has 0 atom stereocenters. The molecule has 3 N–H and O–H groups in total. The Kier molecular flexibility index (Phi) is 6.89. The lowest BCUT2D eigenvalue weighted by Crippen LogP contribution is -2.16. The maximum absolute atomic E-state index is 13.7. The Bertz CT molecular complexity index is 1840. The molecule has 42 heavy (non-hydrogen) atoms. The number of fused-ring (bicyclic) bond motifs is 1. The number of imidazole rings is 1. The molecule has 1 fully saturated rings. The highest BCUT2D eigenvalue weighted by molar-refractivity contribution is 7.18. The third-order valence-corrected chi connectivity index (χ3v) is 7.75. The number of carbonyl (C=O) groups is 2. The molecule has 3 aromatic heterocycles. The zero-order valence-electron chi connectivity index (χ0n) is 22.4. The number of aromatic nitrogens is 4. The van der Waals surface area contributed by atoms with Crippen LogP contribution in [0.15, 0.2) is 60.6 Å². The molecular formula is C29H24F3N7O2S. The van der Waals surface area contributed by atoms with Crippen molar-refractivity contribution >= 4 is 50.6 Å². The molecule has 0 unspecified atom stereocenters. The molecule has 2 aromatic carbocycles. The number of nitrogens with zero attached hydrogens (tertiary/aromatic N) is 4. The molecule has 1 aliphatic carbocycles. The van der Waals surface area contributed by atoms with Crippen molar-refractivity contribution in [2.24, 2.45) is 0 Å². The summed E-state index contributed by atoms with van der Waals surface area (Å²) in [4.78, 5) is 39.1. The maximum atomic E-state index is 13.7. The number of alkyl halides is 3. The molecule has 2 amide bonds. The van der Waals surface area contributed by atoms with E-state index in [0.29, 0.717) is 40.0 Å². The fraction of sp³-hybridized carbons (Fsp3) is 0.207.